The van der Waals surface area contributed by atoms with Crippen molar-refractivity contribution in [1.82, 2.24) is 9.78 Å². The Bertz CT molecular complexity index is 754. The van der Waals surface area contributed by atoms with Gasteiger partial charge in [-0.3, -0.25) is 0 Å². The van der Waals surface area contributed by atoms with E-state index in [-0.39, 0.29) is 5.88 Å². The number of para-hydroxylation sites is 1. The average Bonchev–Trinajstić information content (AvgIpc) is 2.85. The van der Waals surface area contributed by atoms with Crippen molar-refractivity contribution in [1.29, 1.82) is 0 Å². The number of hydrogen-bond donors (Lipinski definition) is 1. The topological polar surface area (TPSA) is 38.1 Å². The molecule has 1 N–H and O–H groups in total. The van der Waals surface area contributed by atoms with E-state index < -0.39 is 0 Å². The Morgan fingerprint density at radius 3 is 2.40 bits per heavy atom. The van der Waals surface area contributed by atoms with Gasteiger partial charge in [-0.2, -0.15) is 0 Å². The molecule has 1 aromatic heterocycles. The number of hydrogen-bond acceptors (Lipinski definition) is 2. The second-order valence-corrected chi connectivity index (χ2v) is 5.09. The van der Waals surface area contributed by atoms with E-state index in [9.17, 15) is 5.11 Å². The second kappa shape index (κ2) is 5.19. The predicted molar refractivity (Wildman–Crippen MR) is 80.7 cm³/mol. The van der Waals surface area contributed by atoms with Crippen molar-refractivity contribution in [2.24, 2.45) is 0 Å². The fourth-order valence-corrected chi connectivity index (χ4v) is 2.24. The Labute approximate surface area is 126 Å². The molecule has 0 unspecified atom stereocenters. The van der Waals surface area contributed by atoms with E-state index in [2.05, 4.69) is 5.10 Å². The summed E-state index contributed by atoms with van der Waals surface area (Å²) in [5.74, 6) is -0.0488. The molecule has 5 heteroatoms. The number of nitrogens with zero attached hydrogens (tertiary/aromatic N) is 2. The van der Waals surface area contributed by atoms with E-state index in [0.717, 1.165) is 11.3 Å². The monoisotopic (exact) mass is 304 g/mol. The number of benzene rings is 2. The van der Waals surface area contributed by atoms with Crippen molar-refractivity contribution in [3.05, 3.63) is 64.8 Å². The van der Waals surface area contributed by atoms with Crippen molar-refractivity contribution >= 4 is 23.2 Å². The molecular formula is C15H10Cl2N2O. The third-order valence-electron chi connectivity index (χ3n) is 2.95. The summed E-state index contributed by atoms with van der Waals surface area (Å²) in [7, 11) is 0. The summed E-state index contributed by atoms with van der Waals surface area (Å²) in [6, 6.07) is 14.7. The van der Waals surface area contributed by atoms with Crippen molar-refractivity contribution in [3.8, 4) is 22.7 Å². The molecule has 3 nitrogen and oxygen atoms in total. The summed E-state index contributed by atoms with van der Waals surface area (Å²) >= 11 is 11.9. The third kappa shape index (κ3) is 2.38. The Balaban J connectivity index is 2.07. The second-order valence-electron chi connectivity index (χ2n) is 4.28. The molecule has 0 radical (unpaired) electrons. The molecule has 0 saturated carbocycles. The molecule has 100 valence electrons. The molecule has 0 bridgehead atoms. The minimum atomic E-state index is -0.0488. The standard InChI is InChI=1S/C15H10Cl2N2O/c16-13-7-6-10(8-14(13)17)12-9-19(18-15(12)20)11-4-2-1-3-5-11/h1-9H,(H,18,20). The largest absolute Gasteiger partial charge is 0.492 e. The third-order valence-corrected chi connectivity index (χ3v) is 3.69. The van der Waals surface area contributed by atoms with Gasteiger partial charge < -0.3 is 5.11 Å². The molecule has 0 aliphatic rings. The first-order valence-electron chi connectivity index (χ1n) is 5.94. The van der Waals surface area contributed by atoms with Crippen LogP contribution < -0.4 is 0 Å². The molecule has 0 atom stereocenters. The smallest absolute Gasteiger partial charge is 0.238 e. The van der Waals surface area contributed by atoms with Crippen LogP contribution in [0.5, 0.6) is 5.88 Å². The van der Waals surface area contributed by atoms with Crippen LogP contribution in [0.1, 0.15) is 0 Å². The zero-order valence-corrected chi connectivity index (χ0v) is 11.8. The highest BCUT2D eigenvalue weighted by Gasteiger charge is 2.12. The summed E-state index contributed by atoms with van der Waals surface area (Å²) in [5.41, 5.74) is 2.24. The first-order valence-corrected chi connectivity index (χ1v) is 6.70. The average molecular weight is 305 g/mol. The summed E-state index contributed by atoms with van der Waals surface area (Å²) in [6.45, 7) is 0. The molecule has 0 fully saturated rings. The normalized spacial score (nSPS) is 10.7. The van der Waals surface area contributed by atoms with Gasteiger partial charge in [0.25, 0.3) is 0 Å². The van der Waals surface area contributed by atoms with Crippen LogP contribution in [-0.4, -0.2) is 14.9 Å². The first-order chi connectivity index (χ1) is 9.65. The molecule has 3 rings (SSSR count). The van der Waals surface area contributed by atoms with Crippen molar-refractivity contribution in [2.75, 3.05) is 0 Å². The van der Waals surface area contributed by atoms with Crippen LogP contribution in [0.4, 0.5) is 0 Å². The van der Waals surface area contributed by atoms with Gasteiger partial charge in [0.1, 0.15) is 0 Å². The van der Waals surface area contributed by atoms with Gasteiger partial charge in [0.05, 0.1) is 21.3 Å². The molecule has 0 saturated heterocycles. The Kier molecular flexibility index (Phi) is 3.38. The van der Waals surface area contributed by atoms with Crippen LogP contribution in [0, 0.1) is 0 Å². The minimum absolute atomic E-state index is 0.0488. The summed E-state index contributed by atoms with van der Waals surface area (Å²) in [4.78, 5) is 0. The van der Waals surface area contributed by atoms with Gasteiger partial charge in [0, 0.05) is 6.20 Å². The van der Waals surface area contributed by atoms with Gasteiger partial charge in [-0.05, 0) is 29.8 Å². The van der Waals surface area contributed by atoms with Crippen molar-refractivity contribution in [2.45, 2.75) is 0 Å². The van der Waals surface area contributed by atoms with Gasteiger partial charge in [0.15, 0.2) is 0 Å². The van der Waals surface area contributed by atoms with Crippen LogP contribution in [0.2, 0.25) is 10.0 Å². The zero-order chi connectivity index (χ0) is 14.1. The molecule has 3 aromatic rings. The van der Waals surface area contributed by atoms with Crippen molar-refractivity contribution in [3.63, 3.8) is 0 Å². The van der Waals surface area contributed by atoms with E-state index in [1.807, 2.05) is 30.3 Å². The summed E-state index contributed by atoms with van der Waals surface area (Å²) < 4.78 is 1.62. The van der Waals surface area contributed by atoms with Crippen LogP contribution in [0.25, 0.3) is 16.8 Å². The molecule has 0 aliphatic heterocycles. The SMILES string of the molecule is Oc1nn(-c2ccccc2)cc1-c1ccc(Cl)c(Cl)c1. The maximum atomic E-state index is 10.00. The molecule has 0 amide bonds. The lowest BCUT2D eigenvalue weighted by Crippen LogP contribution is -1.92. The van der Waals surface area contributed by atoms with E-state index >= 15 is 0 Å². The Morgan fingerprint density at radius 1 is 0.950 bits per heavy atom. The van der Waals surface area contributed by atoms with Crippen LogP contribution in [0.15, 0.2) is 54.7 Å². The maximum absolute atomic E-state index is 10.00. The zero-order valence-electron chi connectivity index (χ0n) is 10.3. The van der Waals surface area contributed by atoms with E-state index in [4.69, 9.17) is 23.2 Å². The molecule has 20 heavy (non-hydrogen) atoms. The lowest BCUT2D eigenvalue weighted by molar-refractivity contribution is 0.449. The maximum Gasteiger partial charge on any atom is 0.238 e. The summed E-state index contributed by atoms with van der Waals surface area (Å²) in [6.07, 6.45) is 1.75. The Morgan fingerprint density at radius 2 is 1.70 bits per heavy atom. The number of aromatic hydroxyl groups is 1. The Hall–Kier alpha value is -1.97. The van der Waals surface area contributed by atoms with E-state index in [1.54, 1.807) is 29.1 Å². The molecule has 0 aliphatic carbocycles. The van der Waals surface area contributed by atoms with E-state index in [1.165, 1.54) is 0 Å². The highest BCUT2D eigenvalue weighted by atomic mass is 35.5. The van der Waals surface area contributed by atoms with Gasteiger partial charge in [0.2, 0.25) is 5.88 Å². The molecule has 2 aromatic carbocycles. The van der Waals surface area contributed by atoms with Crippen LogP contribution in [-0.2, 0) is 0 Å². The minimum Gasteiger partial charge on any atom is -0.492 e. The molecular weight excluding hydrogens is 295 g/mol. The van der Waals surface area contributed by atoms with Gasteiger partial charge in [-0.1, -0.05) is 47.5 Å². The number of aromatic nitrogens is 2. The number of rotatable bonds is 2. The lowest BCUT2D eigenvalue weighted by atomic mass is 10.1. The first kappa shape index (κ1) is 13.0. The highest BCUT2D eigenvalue weighted by Crippen LogP contribution is 2.33. The quantitative estimate of drug-likeness (QED) is 0.754. The lowest BCUT2D eigenvalue weighted by Gasteiger charge is -2.01. The van der Waals surface area contributed by atoms with Gasteiger partial charge in [-0.15, -0.1) is 5.10 Å². The van der Waals surface area contributed by atoms with Crippen LogP contribution >= 0.6 is 23.2 Å². The fraction of sp³-hybridized carbons (Fsp3) is 0. The molecule has 1 heterocycles. The summed E-state index contributed by atoms with van der Waals surface area (Å²) in [5, 5.41) is 15.0. The van der Waals surface area contributed by atoms with Gasteiger partial charge in [-0.25, -0.2) is 4.68 Å². The van der Waals surface area contributed by atoms with Gasteiger partial charge >= 0.3 is 0 Å². The molecule has 0 spiro atoms. The fourth-order valence-electron chi connectivity index (χ4n) is 1.95. The highest BCUT2D eigenvalue weighted by molar-refractivity contribution is 6.42. The number of halogens is 2. The van der Waals surface area contributed by atoms with Crippen molar-refractivity contribution < 1.29 is 5.11 Å². The van der Waals surface area contributed by atoms with Crippen LogP contribution in [0.3, 0.4) is 0 Å². The van der Waals surface area contributed by atoms with E-state index in [0.29, 0.717) is 15.6 Å². The predicted octanol–water partition coefficient (Wildman–Crippen LogP) is 4.55.